The molecule has 0 aliphatic carbocycles. The first-order valence-corrected chi connectivity index (χ1v) is 7.65. The Labute approximate surface area is 123 Å². The van der Waals surface area contributed by atoms with Gasteiger partial charge in [0.1, 0.15) is 6.54 Å². The van der Waals surface area contributed by atoms with E-state index in [0.717, 1.165) is 4.31 Å². The first kappa shape index (κ1) is 17.1. The molecule has 0 atom stereocenters. The molecule has 0 bridgehead atoms. The minimum Gasteiger partial charge on any atom is -0.468 e. The number of nitrogens with zero attached hydrogens (tertiary/aromatic N) is 1. The van der Waals surface area contributed by atoms with Gasteiger partial charge in [0.15, 0.2) is 0 Å². The van der Waals surface area contributed by atoms with Gasteiger partial charge >= 0.3 is 5.97 Å². The first-order valence-electron chi connectivity index (χ1n) is 6.21. The molecule has 0 unspecified atom stereocenters. The number of likely N-dealkylation sites (N-methyl/N-ethyl adjacent to an activating group) is 1. The highest BCUT2D eigenvalue weighted by Crippen LogP contribution is 2.19. The lowest BCUT2D eigenvalue weighted by molar-refractivity contribution is -0.140. The molecule has 8 heteroatoms. The average Bonchev–Trinajstić information content (AvgIpc) is 2.43. The van der Waals surface area contributed by atoms with Crippen molar-refractivity contribution >= 4 is 21.9 Å². The molecule has 0 spiro atoms. The predicted octanol–water partition coefficient (Wildman–Crippen LogP) is 0.278. The van der Waals surface area contributed by atoms with Crippen LogP contribution in [-0.4, -0.2) is 44.8 Å². The van der Waals surface area contributed by atoms with Crippen molar-refractivity contribution in [1.29, 1.82) is 0 Å². The van der Waals surface area contributed by atoms with Crippen molar-refractivity contribution in [3.05, 3.63) is 29.3 Å². The minimum atomic E-state index is -3.90. The van der Waals surface area contributed by atoms with Gasteiger partial charge in [-0.1, -0.05) is 13.0 Å². The van der Waals surface area contributed by atoms with E-state index in [9.17, 15) is 18.0 Å². The van der Waals surface area contributed by atoms with E-state index in [1.54, 1.807) is 13.8 Å². The predicted molar refractivity (Wildman–Crippen MR) is 76.1 cm³/mol. The number of carbonyl (C=O) groups excluding carboxylic acids is 2. The van der Waals surface area contributed by atoms with Gasteiger partial charge in [-0.25, -0.2) is 8.42 Å². The van der Waals surface area contributed by atoms with E-state index in [-0.39, 0.29) is 17.0 Å². The number of methoxy groups -OCH3 is 1. The smallest absolute Gasteiger partial charge is 0.321 e. The van der Waals surface area contributed by atoms with Crippen molar-refractivity contribution in [2.24, 2.45) is 5.73 Å². The fourth-order valence-electron chi connectivity index (χ4n) is 1.75. The van der Waals surface area contributed by atoms with Crippen LogP contribution in [0.4, 0.5) is 0 Å². The molecule has 7 nitrogen and oxygen atoms in total. The third kappa shape index (κ3) is 3.79. The molecule has 0 saturated heterocycles. The number of aryl methyl sites for hydroxylation is 1. The molecular weight excluding hydrogens is 296 g/mol. The molecule has 0 radical (unpaired) electrons. The maximum Gasteiger partial charge on any atom is 0.321 e. The van der Waals surface area contributed by atoms with Gasteiger partial charge in [-0.15, -0.1) is 0 Å². The molecule has 0 heterocycles. The maximum atomic E-state index is 12.5. The van der Waals surface area contributed by atoms with Crippen LogP contribution in [0.25, 0.3) is 0 Å². The molecule has 116 valence electrons. The first-order chi connectivity index (χ1) is 9.73. The van der Waals surface area contributed by atoms with E-state index in [2.05, 4.69) is 4.74 Å². The van der Waals surface area contributed by atoms with E-state index in [1.165, 1.54) is 25.3 Å². The summed E-state index contributed by atoms with van der Waals surface area (Å²) in [6, 6.07) is 4.09. The lowest BCUT2D eigenvalue weighted by Crippen LogP contribution is -2.36. The normalized spacial score (nSPS) is 11.4. The number of benzene rings is 1. The fourth-order valence-corrected chi connectivity index (χ4v) is 3.17. The fraction of sp³-hybridized carbons (Fsp3) is 0.385. The van der Waals surface area contributed by atoms with Crippen LogP contribution >= 0.6 is 0 Å². The van der Waals surface area contributed by atoms with Gasteiger partial charge in [-0.2, -0.15) is 4.31 Å². The van der Waals surface area contributed by atoms with Gasteiger partial charge in [0.2, 0.25) is 15.9 Å². The van der Waals surface area contributed by atoms with Crippen LogP contribution < -0.4 is 5.73 Å². The van der Waals surface area contributed by atoms with Crippen LogP contribution in [0, 0.1) is 6.92 Å². The highest BCUT2D eigenvalue weighted by atomic mass is 32.2. The van der Waals surface area contributed by atoms with Crippen molar-refractivity contribution < 1.29 is 22.7 Å². The lowest BCUT2D eigenvalue weighted by Gasteiger charge is -2.19. The van der Waals surface area contributed by atoms with Crippen molar-refractivity contribution in [1.82, 2.24) is 4.31 Å². The second-order valence-electron chi connectivity index (χ2n) is 4.35. The van der Waals surface area contributed by atoms with E-state index >= 15 is 0 Å². The highest BCUT2D eigenvalue weighted by molar-refractivity contribution is 7.89. The van der Waals surface area contributed by atoms with Gasteiger partial charge in [-0.05, 0) is 24.6 Å². The van der Waals surface area contributed by atoms with Gasteiger partial charge in [0, 0.05) is 12.1 Å². The number of sulfonamides is 1. The Kier molecular flexibility index (Phi) is 5.45. The largest absolute Gasteiger partial charge is 0.468 e. The number of carbonyl (C=O) groups is 2. The number of rotatable bonds is 6. The zero-order valence-corrected chi connectivity index (χ0v) is 12.9. The van der Waals surface area contributed by atoms with Crippen LogP contribution in [-0.2, 0) is 19.6 Å². The SMILES string of the molecule is CCN(CC(=O)OC)S(=O)(=O)c1ccc(C)c(C(N)=O)c1. The monoisotopic (exact) mass is 314 g/mol. The van der Waals surface area contributed by atoms with Crippen LogP contribution in [0.1, 0.15) is 22.8 Å². The molecule has 2 N–H and O–H groups in total. The van der Waals surface area contributed by atoms with E-state index in [4.69, 9.17) is 5.73 Å². The molecule has 0 aliphatic heterocycles. The van der Waals surface area contributed by atoms with Crippen LogP contribution in [0.2, 0.25) is 0 Å². The lowest BCUT2D eigenvalue weighted by atomic mass is 10.1. The number of primary amides is 1. The summed E-state index contributed by atoms with van der Waals surface area (Å²) in [5.74, 6) is -1.37. The summed E-state index contributed by atoms with van der Waals surface area (Å²) in [6.45, 7) is 2.96. The Morgan fingerprint density at radius 2 is 1.95 bits per heavy atom. The summed E-state index contributed by atoms with van der Waals surface area (Å²) >= 11 is 0. The molecule has 1 aromatic carbocycles. The number of ether oxygens (including phenoxy) is 1. The molecule has 21 heavy (non-hydrogen) atoms. The molecule has 1 aromatic rings. The third-order valence-electron chi connectivity index (χ3n) is 3.00. The number of amides is 1. The van der Waals surface area contributed by atoms with Gasteiger partial charge in [0.05, 0.1) is 12.0 Å². The van der Waals surface area contributed by atoms with Crippen molar-refractivity contribution in [2.45, 2.75) is 18.7 Å². The average molecular weight is 314 g/mol. The zero-order valence-electron chi connectivity index (χ0n) is 12.1. The molecule has 0 saturated carbocycles. The zero-order chi connectivity index (χ0) is 16.2. The summed E-state index contributed by atoms with van der Waals surface area (Å²) in [5, 5.41) is 0. The standard InChI is InChI=1S/C13H18N2O5S/c1-4-15(8-12(16)20-3)21(18,19)10-6-5-9(2)11(7-10)13(14)17/h5-7H,4,8H2,1-3H3,(H2,14,17). The van der Waals surface area contributed by atoms with E-state index < -0.39 is 28.4 Å². The van der Waals surface area contributed by atoms with Crippen molar-refractivity contribution in [2.75, 3.05) is 20.2 Å². The number of hydrogen-bond acceptors (Lipinski definition) is 5. The van der Waals surface area contributed by atoms with Crippen LogP contribution in [0.5, 0.6) is 0 Å². The molecule has 0 aromatic heterocycles. The summed E-state index contributed by atoms with van der Waals surface area (Å²) in [4.78, 5) is 22.5. The second kappa shape index (κ2) is 6.68. The summed E-state index contributed by atoms with van der Waals surface area (Å²) in [6.07, 6.45) is 0. The molecule has 0 aliphatic rings. The second-order valence-corrected chi connectivity index (χ2v) is 6.29. The maximum absolute atomic E-state index is 12.5. The van der Waals surface area contributed by atoms with Crippen LogP contribution in [0.15, 0.2) is 23.1 Å². The van der Waals surface area contributed by atoms with E-state index in [0.29, 0.717) is 5.56 Å². The van der Waals surface area contributed by atoms with E-state index in [1.807, 2.05) is 0 Å². The van der Waals surface area contributed by atoms with Gasteiger partial charge in [0.25, 0.3) is 0 Å². The summed E-state index contributed by atoms with van der Waals surface area (Å²) in [7, 11) is -2.72. The van der Waals surface area contributed by atoms with Crippen LogP contribution in [0.3, 0.4) is 0 Å². The highest BCUT2D eigenvalue weighted by Gasteiger charge is 2.26. The number of nitrogens with two attached hydrogens (primary N) is 1. The molecule has 1 amide bonds. The Morgan fingerprint density at radius 3 is 2.43 bits per heavy atom. The van der Waals surface area contributed by atoms with Crippen molar-refractivity contribution in [3.63, 3.8) is 0 Å². The third-order valence-corrected chi connectivity index (χ3v) is 4.91. The Bertz CT molecular complexity index is 655. The molecule has 0 fully saturated rings. The number of esters is 1. The summed E-state index contributed by atoms with van der Waals surface area (Å²) in [5.41, 5.74) is 5.93. The Hall–Kier alpha value is -1.93. The van der Waals surface area contributed by atoms with Gasteiger partial charge < -0.3 is 10.5 Å². The molecule has 1 rings (SSSR count). The minimum absolute atomic E-state index is 0.0901. The molecular formula is C13H18N2O5S. The Balaban J connectivity index is 3.26. The summed E-state index contributed by atoms with van der Waals surface area (Å²) < 4.78 is 30.4. The topological polar surface area (TPSA) is 107 Å². The van der Waals surface area contributed by atoms with Gasteiger partial charge in [-0.3, -0.25) is 9.59 Å². The Morgan fingerprint density at radius 1 is 1.33 bits per heavy atom. The van der Waals surface area contributed by atoms with Crippen molar-refractivity contribution in [3.8, 4) is 0 Å². The number of hydrogen-bond donors (Lipinski definition) is 1. The quantitative estimate of drug-likeness (QED) is 0.759.